The van der Waals surface area contributed by atoms with Crippen LogP contribution in [-0.4, -0.2) is 72.4 Å². The van der Waals surface area contributed by atoms with Gasteiger partial charge in [0, 0.05) is 47.3 Å². The maximum absolute atomic E-state index is 12.8. The van der Waals surface area contributed by atoms with Gasteiger partial charge in [-0.25, -0.2) is 0 Å². The van der Waals surface area contributed by atoms with Crippen LogP contribution < -0.4 is 15.5 Å². The lowest BCUT2D eigenvalue weighted by Crippen LogP contribution is -2.61. The Balaban J connectivity index is 1.89. The monoisotopic (exact) mass is 490 g/mol. The average molecular weight is 491 g/mol. The van der Waals surface area contributed by atoms with Gasteiger partial charge in [-0.2, -0.15) is 15.0 Å². The van der Waals surface area contributed by atoms with E-state index in [1.54, 1.807) is 0 Å². The second kappa shape index (κ2) is 9.61. The molecule has 10 nitrogen and oxygen atoms in total. The Morgan fingerprint density at radius 1 is 0.686 bits per heavy atom. The number of anilines is 3. The van der Waals surface area contributed by atoms with Gasteiger partial charge in [0.1, 0.15) is 0 Å². The molecule has 35 heavy (non-hydrogen) atoms. The molecule has 2 aliphatic heterocycles. The molecule has 198 valence electrons. The van der Waals surface area contributed by atoms with Gasteiger partial charge in [-0.05, 0) is 94.9 Å². The molecule has 0 bridgehead atoms. The summed E-state index contributed by atoms with van der Waals surface area (Å²) >= 11 is 0. The Kier molecular flexibility index (Phi) is 7.64. The van der Waals surface area contributed by atoms with Gasteiger partial charge in [0.25, 0.3) is 0 Å². The SMILES string of the molecule is CCN(CC)c1nc(NC2CC(C)(C)N([O])C(C)(C)C2)nc(NC2CC(C)(C)N([O])C(C)(C)C2)n1. The van der Waals surface area contributed by atoms with Crippen LogP contribution in [0.3, 0.4) is 0 Å². The van der Waals surface area contributed by atoms with Crippen molar-refractivity contribution in [3.8, 4) is 0 Å². The normalized spacial score (nSPS) is 24.8. The summed E-state index contributed by atoms with van der Waals surface area (Å²) in [4.78, 5) is 16.3. The van der Waals surface area contributed by atoms with E-state index in [9.17, 15) is 10.4 Å². The largest absolute Gasteiger partial charge is 0.351 e. The summed E-state index contributed by atoms with van der Waals surface area (Å²) in [7, 11) is 0. The van der Waals surface area contributed by atoms with Crippen LogP contribution in [0.1, 0.15) is 94.9 Å². The molecule has 2 fully saturated rings. The third-order valence-electron chi connectivity index (χ3n) is 7.52. The Morgan fingerprint density at radius 2 is 1.00 bits per heavy atom. The second-order valence-corrected chi connectivity index (χ2v) is 12.8. The van der Waals surface area contributed by atoms with Crippen LogP contribution in [0.15, 0.2) is 0 Å². The molecule has 0 amide bonds. The minimum Gasteiger partial charge on any atom is -0.351 e. The van der Waals surface area contributed by atoms with Crippen LogP contribution >= 0.6 is 0 Å². The zero-order chi connectivity index (χ0) is 26.4. The minimum atomic E-state index is -0.487. The maximum Gasteiger partial charge on any atom is 0.231 e. The van der Waals surface area contributed by atoms with Crippen molar-refractivity contribution in [1.82, 2.24) is 25.1 Å². The molecule has 3 heterocycles. The van der Waals surface area contributed by atoms with E-state index >= 15 is 0 Å². The molecule has 2 aliphatic rings. The highest BCUT2D eigenvalue weighted by Crippen LogP contribution is 2.39. The Labute approximate surface area is 211 Å². The summed E-state index contributed by atoms with van der Waals surface area (Å²) in [6.45, 7) is 21.6. The second-order valence-electron chi connectivity index (χ2n) is 12.8. The Hall–Kier alpha value is -1.75. The minimum absolute atomic E-state index is 0.0616. The third-order valence-corrected chi connectivity index (χ3v) is 7.52. The average Bonchev–Trinajstić information content (AvgIpc) is 2.70. The molecule has 2 N–H and O–H groups in total. The summed E-state index contributed by atoms with van der Waals surface area (Å²) in [5.74, 6) is 1.65. The van der Waals surface area contributed by atoms with E-state index in [-0.39, 0.29) is 12.1 Å². The van der Waals surface area contributed by atoms with Crippen molar-refractivity contribution in [1.29, 1.82) is 0 Å². The Morgan fingerprint density at radius 3 is 1.29 bits per heavy atom. The molecule has 10 heteroatoms. The molecular formula is C25H46N8O2. The number of nitrogens with one attached hydrogen (secondary N) is 2. The number of aromatic nitrogens is 3. The lowest BCUT2D eigenvalue weighted by Gasteiger charge is -2.50. The fourth-order valence-electron chi connectivity index (χ4n) is 6.24. The van der Waals surface area contributed by atoms with Crippen molar-refractivity contribution in [2.24, 2.45) is 0 Å². The van der Waals surface area contributed by atoms with Gasteiger partial charge in [-0.3, -0.25) is 0 Å². The van der Waals surface area contributed by atoms with Crippen molar-refractivity contribution < 1.29 is 10.4 Å². The number of piperidine rings is 2. The van der Waals surface area contributed by atoms with Gasteiger partial charge in [-0.15, -0.1) is 20.5 Å². The van der Waals surface area contributed by atoms with E-state index < -0.39 is 22.2 Å². The predicted octanol–water partition coefficient (Wildman–Crippen LogP) is 4.28. The van der Waals surface area contributed by atoms with Crippen LogP contribution in [0, 0.1) is 0 Å². The molecule has 2 radical (unpaired) electrons. The summed E-state index contributed by atoms with van der Waals surface area (Å²) in [5, 5.41) is 35.1. The molecule has 0 aromatic carbocycles. The van der Waals surface area contributed by atoms with Crippen LogP contribution in [0.5, 0.6) is 0 Å². The number of hydrogen-bond acceptors (Lipinski definition) is 8. The van der Waals surface area contributed by atoms with Crippen LogP contribution in [0.25, 0.3) is 0 Å². The van der Waals surface area contributed by atoms with Crippen molar-refractivity contribution in [3.05, 3.63) is 0 Å². The fraction of sp³-hybridized carbons (Fsp3) is 0.880. The van der Waals surface area contributed by atoms with Gasteiger partial charge >= 0.3 is 0 Å². The van der Waals surface area contributed by atoms with E-state index in [1.165, 1.54) is 10.1 Å². The molecular weight excluding hydrogens is 444 g/mol. The molecule has 0 aliphatic carbocycles. The van der Waals surface area contributed by atoms with Crippen molar-refractivity contribution in [2.75, 3.05) is 28.6 Å². The first-order valence-corrected chi connectivity index (χ1v) is 13.0. The molecule has 0 saturated carbocycles. The highest BCUT2D eigenvalue weighted by atomic mass is 16.5. The topological polar surface area (TPSA) is 112 Å². The Bertz CT molecular complexity index is 786. The standard InChI is InChI=1S/C25H46N8O2/c1-11-31(12-2)21-29-19(26-17-13-22(3,4)32(34)23(5,6)14-17)28-20(30-21)27-18-15-24(7,8)33(35)25(9,10)16-18/h17-18H,11-16H2,1-10H3,(H2,26,27,28,29,30). The number of hydroxylamine groups is 4. The zero-order valence-electron chi connectivity index (χ0n) is 23.4. The van der Waals surface area contributed by atoms with Gasteiger partial charge in [0.15, 0.2) is 0 Å². The maximum atomic E-state index is 12.8. The first kappa shape index (κ1) is 27.8. The summed E-state index contributed by atoms with van der Waals surface area (Å²) in [6.07, 6.45) is 2.78. The van der Waals surface area contributed by atoms with Gasteiger partial charge in [0.2, 0.25) is 17.8 Å². The number of hydrogen-bond donors (Lipinski definition) is 2. The summed E-state index contributed by atoms with van der Waals surface area (Å²) < 4.78 is 0. The van der Waals surface area contributed by atoms with Crippen molar-refractivity contribution in [3.63, 3.8) is 0 Å². The first-order chi connectivity index (χ1) is 16.0. The molecule has 0 atom stereocenters. The van der Waals surface area contributed by atoms with Crippen LogP contribution in [0.4, 0.5) is 17.8 Å². The fourth-order valence-corrected chi connectivity index (χ4v) is 6.24. The highest BCUT2D eigenvalue weighted by Gasteiger charge is 2.47. The quantitative estimate of drug-likeness (QED) is 0.582. The molecule has 2 saturated heterocycles. The molecule has 1 aromatic heterocycles. The van der Waals surface area contributed by atoms with Crippen LogP contribution in [0.2, 0.25) is 0 Å². The highest BCUT2D eigenvalue weighted by molar-refractivity contribution is 5.45. The number of rotatable bonds is 7. The molecule has 0 spiro atoms. The molecule has 0 unspecified atom stereocenters. The van der Waals surface area contributed by atoms with Crippen LogP contribution in [-0.2, 0) is 10.4 Å². The lowest BCUT2D eigenvalue weighted by molar-refractivity contribution is -0.288. The molecule has 1 aromatic rings. The van der Waals surface area contributed by atoms with Gasteiger partial charge in [0.05, 0.1) is 0 Å². The zero-order valence-corrected chi connectivity index (χ0v) is 23.4. The molecule has 3 rings (SSSR count). The van der Waals surface area contributed by atoms with E-state index in [0.717, 1.165) is 13.1 Å². The smallest absolute Gasteiger partial charge is 0.231 e. The van der Waals surface area contributed by atoms with Gasteiger partial charge in [-0.1, -0.05) is 0 Å². The van der Waals surface area contributed by atoms with E-state index in [2.05, 4.69) is 29.4 Å². The predicted molar refractivity (Wildman–Crippen MR) is 138 cm³/mol. The lowest BCUT2D eigenvalue weighted by atomic mass is 9.79. The van der Waals surface area contributed by atoms with E-state index in [1.807, 2.05) is 55.4 Å². The van der Waals surface area contributed by atoms with E-state index in [4.69, 9.17) is 15.0 Å². The third kappa shape index (κ3) is 5.98. The number of nitrogens with zero attached hydrogens (tertiary/aromatic N) is 6. The summed E-state index contributed by atoms with van der Waals surface area (Å²) in [5.41, 5.74) is -1.95. The van der Waals surface area contributed by atoms with Crippen molar-refractivity contribution >= 4 is 17.8 Å². The van der Waals surface area contributed by atoms with Crippen molar-refractivity contribution in [2.45, 2.75) is 129 Å². The first-order valence-electron chi connectivity index (χ1n) is 13.0. The van der Waals surface area contributed by atoms with Gasteiger partial charge < -0.3 is 15.5 Å². The summed E-state index contributed by atoms with van der Waals surface area (Å²) in [6, 6.07) is 0.123. The van der Waals surface area contributed by atoms with E-state index in [0.29, 0.717) is 43.5 Å².